The fourth-order valence-corrected chi connectivity index (χ4v) is 2.22. The Hall–Kier alpha value is -0.770. The summed E-state index contributed by atoms with van der Waals surface area (Å²) in [5.74, 6) is 0.548. The second kappa shape index (κ2) is 5.35. The van der Waals surface area contributed by atoms with Crippen molar-refractivity contribution in [1.82, 2.24) is 4.90 Å². The molecule has 0 saturated carbocycles. The number of nitrogens with zero attached hydrogens (tertiary/aromatic N) is 1. The van der Waals surface area contributed by atoms with Gasteiger partial charge in [-0.2, -0.15) is 0 Å². The summed E-state index contributed by atoms with van der Waals surface area (Å²) in [6, 6.07) is 0.242. The van der Waals surface area contributed by atoms with Crippen LogP contribution >= 0.6 is 0 Å². The van der Waals surface area contributed by atoms with Crippen LogP contribution in [0.4, 0.5) is 4.79 Å². The van der Waals surface area contributed by atoms with Gasteiger partial charge in [-0.3, -0.25) is 0 Å². The Bertz CT molecular complexity index is 219. The highest BCUT2D eigenvalue weighted by Crippen LogP contribution is 2.22. The van der Waals surface area contributed by atoms with Crippen molar-refractivity contribution in [2.75, 3.05) is 13.7 Å². The van der Waals surface area contributed by atoms with Crippen LogP contribution in [0.3, 0.4) is 0 Å². The van der Waals surface area contributed by atoms with E-state index in [9.17, 15) is 4.79 Å². The van der Waals surface area contributed by atoms with E-state index in [4.69, 9.17) is 10.5 Å². The smallest absolute Gasteiger partial charge is 0.409 e. The third kappa shape index (κ3) is 3.09. The first-order valence-electron chi connectivity index (χ1n) is 5.66. The molecule has 1 aliphatic heterocycles. The van der Waals surface area contributed by atoms with Gasteiger partial charge in [0.1, 0.15) is 0 Å². The monoisotopic (exact) mass is 214 g/mol. The van der Waals surface area contributed by atoms with E-state index >= 15 is 0 Å². The number of amides is 1. The molecule has 0 aliphatic carbocycles. The number of hydrogen-bond donors (Lipinski definition) is 1. The maximum Gasteiger partial charge on any atom is 0.409 e. The predicted molar refractivity (Wildman–Crippen MR) is 59.6 cm³/mol. The lowest BCUT2D eigenvalue weighted by Crippen LogP contribution is -2.54. The Morgan fingerprint density at radius 1 is 1.60 bits per heavy atom. The van der Waals surface area contributed by atoms with Crippen molar-refractivity contribution in [2.45, 2.75) is 45.2 Å². The summed E-state index contributed by atoms with van der Waals surface area (Å²) < 4.78 is 4.78. The number of nitrogens with two attached hydrogens (primary N) is 1. The molecule has 1 fully saturated rings. The lowest BCUT2D eigenvalue weighted by Gasteiger charge is -2.39. The normalized spacial score (nSPS) is 26.9. The molecule has 4 nitrogen and oxygen atoms in total. The molecule has 15 heavy (non-hydrogen) atoms. The van der Waals surface area contributed by atoms with E-state index in [1.165, 1.54) is 7.11 Å². The lowest BCUT2D eigenvalue weighted by molar-refractivity contribution is 0.0747. The second-order valence-corrected chi connectivity index (χ2v) is 4.67. The molecular formula is C11H22N2O2. The molecule has 88 valence electrons. The molecule has 0 aromatic rings. The molecule has 2 unspecified atom stereocenters. The van der Waals surface area contributed by atoms with Gasteiger partial charge in [0.15, 0.2) is 0 Å². The van der Waals surface area contributed by atoms with Gasteiger partial charge < -0.3 is 15.4 Å². The average molecular weight is 214 g/mol. The highest BCUT2D eigenvalue weighted by atomic mass is 16.5. The zero-order chi connectivity index (χ0) is 11.4. The molecule has 1 amide bonds. The van der Waals surface area contributed by atoms with E-state index in [-0.39, 0.29) is 18.2 Å². The summed E-state index contributed by atoms with van der Waals surface area (Å²) in [5.41, 5.74) is 6.06. The van der Waals surface area contributed by atoms with Crippen LogP contribution in [0.15, 0.2) is 0 Å². The molecule has 1 heterocycles. The van der Waals surface area contributed by atoms with Crippen LogP contribution < -0.4 is 5.73 Å². The van der Waals surface area contributed by atoms with Gasteiger partial charge >= 0.3 is 6.09 Å². The summed E-state index contributed by atoms with van der Waals surface area (Å²) in [4.78, 5) is 13.3. The van der Waals surface area contributed by atoms with Gasteiger partial charge in [0.2, 0.25) is 0 Å². The Kier molecular flexibility index (Phi) is 4.39. The van der Waals surface area contributed by atoms with Gasteiger partial charge in [0.25, 0.3) is 0 Å². The Morgan fingerprint density at radius 3 is 2.80 bits per heavy atom. The van der Waals surface area contributed by atoms with Gasteiger partial charge in [-0.15, -0.1) is 0 Å². The molecule has 0 radical (unpaired) electrons. The van der Waals surface area contributed by atoms with Crippen molar-refractivity contribution in [2.24, 2.45) is 11.7 Å². The number of carbonyl (C=O) groups is 1. The van der Waals surface area contributed by atoms with Crippen LogP contribution in [0.5, 0.6) is 0 Å². The van der Waals surface area contributed by atoms with Crippen LogP contribution in [0, 0.1) is 5.92 Å². The summed E-state index contributed by atoms with van der Waals surface area (Å²) in [7, 11) is 1.43. The second-order valence-electron chi connectivity index (χ2n) is 4.67. The first-order valence-corrected chi connectivity index (χ1v) is 5.66. The molecule has 1 saturated heterocycles. The molecule has 2 N–H and O–H groups in total. The van der Waals surface area contributed by atoms with E-state index in [2.05, 4.69) is 13.8 Å². The average Bonchev–Trinajstić information content (AvgIpc) is 2.19. The van der Waals surface area contributed by atoms with Crippen LogP contribution in [0.25, 0.3) is 0 Å². The van der Waals surface area contributed by atoms with E-state index < -0.39 is 0 Å². The topological polar surface area (TPSA) is 55.6 Å². The summed E-state index contributed by atoms with van der Waals surface area (Å²) >= 11 is 0. The fraction of sp³-hybridized carbons (Fsp3) is 0.909. The van der Waals surface area contributed by atoms with E-state index in [1.807, 2.05) is 0 Å². The lowest BCUT2D eigenvalue weighted by atomic mass is 9.90. The van der Waals surface area contributed by atoms with Gasteiger partial charge in [0.05, 0.1) is 13.2 Å². The first-order chi connectivity index (χ1) is 7.06. The maximum atomic E-state index is 11.6. The number of carbonyl (C=O) groups excluding carboxylic acids is 1. The van der Waals surface area contributed by atoms with E-state index in [0.29, 0.717) is 5.92 Å². The van der Waals surface area contributed by atoms with Crippen molar-refractivity contribution in [3.8, 4) is 0 Å². The number of ether oxygens (including phenoxy) is 1. The third-order valence-electron chi connectivity index (χ3n) is 2.95. The molecule has 1 aliphatic rings. The molecule has 0 aromatic carbocycles. The van der Waals surface area contributed by atoms with Gasteiger partial charge in [-0.05, 0) is 25.2 Å². The maximum absolute atomic E-state index is 11.6. The highest BCUT2D eigenvalue weighted by Gasteiger charge is 2.32. The van der Waals surface area contributed by atoms with Crippen LogP contribution in [0.2, 0.25) is 0 Å². The number of rotatable bonds is 2. The van der Waals surface area contributed by atoms with Gasteiger partial charge in [0, 0.05) is 12.6 Å². The van der Waals surface area contributed by atoms with E-state index in [1.54, 1.807) is 4.90 Å². The first kappa shape index (κ1) is 12.3. The molecular weight excluding hydrogens is 192 g/mol. The number of hydrogen-bond acceptors (Lipinski definition) is 3. The number of likely N-dealkylation sites (tertiary alicyclic amines) is 1. The largest absolute Gasteiger partial charge is 0.453 e. The third-order valence-corrected chi connectivity index (χ3v) is 2.95. The fourth-order valence-electron chi connectivity index (χ4n) is 2.22. The quantitative estimate of drug-likeness (QED) is 0.759. The van der Waals surface area contributed by atoms with Crippen LogP contribution in [-0.2, 0) is 4.74 Å². The molecule has 4 heteroatoms. The zero-order valence-electron chi connectivity index (χ0n) is 9.90. The molecule has 0 bridgehead atoms. The minimum Gasteiger partial charge on any atom is -0.453 e. The zero-order valence-corrected chi connectivity index (χ0v) is 9.90. The Morgan fingerprint density at radius 2 is 2.27 bits per heavy atom. The van der Waals surface area contributed by atoms with Crippen LogP contribution in [-0.4, -0.2) is 36.7 Å². The summed E-state index contributed by atoms with van der Waals surface area (Å²) in [5, 5.41) is 0. The molecule has 0 aromatic heterocycles. The van der Waals surface area contributed by atoms with Crippen LogP contribution in [0.1, 0.15) is 33.1 Å². The number of piperidine rings is 1. The molecule has 1 rings (SSSR count). The van der Waals surface area contributed by atoms with Gasteiger partial charge in [-0.25, -0.2) is 4.79 Å². The SMILES string of the molecule is COC(=O)N1CCCC(N)C1CC(C)C. The van der Waals surface area contributed by atoms with Crippen molar-refractivity contribution in [3.05, 3.63) is 0 Å². The molecule has 0 spiro atoms. The molecule has 2 atom stereocenters. The van der Waals surface area contributed by atoms with E-state index in [0.717, 1.165) is 25.8 Å². The minimum atomic E-state index is -0.240. The standard InChI is InChI=1S/C11H22N2O2/c1-8(2)7-10-9(12)5-4-6-13(10)11(14)15-3/h8-10H,4-7,12H2,1-3H3. The van der Waals surface area contributed by atoms with Crippen molar-refractivity contribution < 1.29 is 9.53 Å². The Labute approximate surface area is 91.8 Å². The summed E-state index contributed by atoms with van der Waals surface area (Å²) in [6.45, 7) is 5.07. The van der Waals surface area contributed by atoms with Gasteiger partial charge in [-0.1, -0.05) is 13.8 Å². The predicted octanol–water partition coefficient (Wildman–Crippen LogP) is 1.59. The van der Waals surface area contributed by atoms with Crippen molar-refractivity contribution in [1.29, 1.82) is 0 Å². The summed E-state index contributed by atoms with van der Waals surface area (Å²) in [6.07, 6.45) is 2.70. The minimum absolute atomic E-state index is 0.0975. The Balaban J connectivity index is 2.68. The highest BCUT2D eigenvalue weighted by molar-refractivity contribution is 5.68. The number of methoxy groups -OCH3 is 1. The van der Waals surface area contributed by atoms with Crippen molar-refractivity contribution in [3.63, 3.8) is 0 Å². The van der Waals surface area contributed by atoms with Crippen molar-refractivity contribution >= 4 is 6.09 Å².